The Labute approximate surface area is 99.6 Å². The predicted octanol–water partition coefficient (Wildman–Crippen LogP) is 2.04. The zero-order valence-electron chi connectivity index (χ0n) is 7.62. The summed E-state index contributed by atoms with van der Waals surface area (Å²) in [5.74, 6) is -1.47. The van der Waals surface area contributed by atoms with Crippen molar-refractivity contribution in [1.29, 1.82) is 0 Å². The predicted molar refractivity (Wildman–Crippen MR) is 55.1 cm³/mol. The third kappa shape index (κ3) is 6.10. The maximum atomic E-state index is 12.2. The molecule has 1 N–H and O–H groups in total. The number of carboxylic acids is 1. The smallest absolute Gasteiger partial charge is 0.335 e. The SMILES string of the molecule is O=C(Cl)C(=O)Cl.O=C(O)c1ccc(F)cc1. The summed E-state index contributed by atoms with van der Waals surface area (Å²) < 4.78 is 12.2. The van der Waals surface area contributed by atoms with E-state index < -0.39 is 22.3 Å². The van der Waals surface area contributed by atoms with Gasteiger partial charge in [0.1, 0.15) is 5.82 Å². The van der Waals surface area contributed by atoms with Crippen molar-refractivity contribution in [2.75, 3.05) is 0 Å². The van der Waals surface area contributed by atoms with Crippen LogP contribution in [0, 0.1) is 5.82 Å². The van der Waals surface area contributed by atoms with Crippen LogP contribution in [-0.4, -0.2) is 21.6 Å². The van der Waals surface area contributed by atoms with Crippen LogP contribution in [0.3, 0.4) is 0 Å². The van der Waals surface area contributed by atoms with Crippen LogP contribution in [0.2, 0.25) is 0 Å². The summed E-state index contributed by atoms with van der Waals surface area (Å²) in [4.78, 5) is 29.0. The summed E-state index contributed by atoms with van der Waals surface area (Å²) in [5.41, 5.74) is 0.0985. The molecular formula is C9H5Cl2FO4. The van der Waals surface area contributed by atoms with Crippen LogP contribution in [0.5, 0.6) is 0 Å². The van der Waals surface area contributed by atoms with Crippen LogP contribution in [0.1, 0.15) is 10.4 Å². The molecule has 1 aromatic carbocycles. The Bertz CT molecular complexity index is 390. The van der Waals surface area contributed by atoms with E-state index in [1.165, 1.54) is 12.1 Å². The lowest BCUT2D eigenvalue weighted by Gasteiger charge is -1.90. The van der Waals surface area contributed by atoms with Gasteiger partial charge in [-0.3, -0.25) is 9.59 Å². The van der Waals surface area contributed by atoms with Crippen LogP contribution in [-0.2, 0) is 9.59 Å². The molecule has 0 amide bonds. The van der Waals surface area contributed by atoms with Gasteiger partial charge in [-0.2, -0.15) is 0 Å². The molecule has 0 spiro atoms. The maximum absolute atomic E-state index is 12.2. The fourth-order valence-electron chi connectivity index (χ4n) is 0.592. The first kappa shape index (κ1) is 14.5. The zero-order chi connectivity index (χ0) is 12.7. The molecule has 7 heteroatoms. The Morgan fingerprint density at radius 3 is 1.62 bits per heavy atom. The molecular weight excluding hydrogens is 262 g/mol. The molecule has 0 aliphatic carbocycles. The van der Waals surface area contributed by atoms with Crippen molar-refractivity contribution < 1.29 is 23.9 Å². The first-order valence-corrected chi connectivity index (χ1v) is 4.48. The summed E-state index contributed by atoms with van der Waals surface area (Å²) in [6, 6.07) is 4.67. The fourth-order valence-corrected chi connectivity index (χ4v) is 0.592. The molecule has 0 aromatic heterocycles. The van der Waals surface area contributed by atoms with Gasteiger partial charge < -0.3 is 5.11 Å². The highest BCUT2D eigenvalue weighted by molar-refractivity contribution is 6.97. The molecule has 0 saturated carbocycles. The summed E-state index contributed by atoms with van der Waals surface area (Å²) >= 11 is 8.98. The van der Waals surface area contributed by atoms with E-state index in [1.807, 2.05) is 0 Å². The average molecular weight is 267 g/mol. The number of hydrogen-bond donors (Lipinski definition) is 1. The standard InChI is InChI=1S/C7H5FO2.C2Cl2O2/c8-6-3-1-5(2-4-6)7(9)10;3-1(5)2(4)6/h1-4H,(H,9,10);. The lowest BCUT2D eigenvalue weighted by molar-refractivity contribution is -0.127. The monoisotopic (exact) mass is 266 g/mol. The van der Waals surface area contributed by atoms with Gasteiger partial charge in [0.25, 0.3) is 0 Å². The van der Waals surface area contributed by atoms with Crippen molar-refractivity contribution in [3.8, 4) is 0 Å². The first-order valence-electron chi connectivity index (χ1n) is 3.72. The van der Waals surface area contributed by atoms with Gasteiger partial charge in [-0.05, 0) is 47.5 Å². The van der Waals surface area contributed by atoms with Crippen molar-refractivity contribution in [3.63, 3.8) is 0 Å². The highest BCUT2D eigenvalue weighted by atomic mass is 35.5. The van der Waals surface area contributed by atoms with Gasteiger partial charge >= 0.3 is 16.5 Å². The van der Waals surface area contributed by atoms with E-state index >= 15 is 0 Å². The highest BCUT2D eigenvalue weighted by Crippen LogP contribution is 2.01. The number of rotatable bonds is 2. The second kappa shape index (κ2) is 6.92. The maximum Gasteiger partial charge on any atom is 0.335 e. The number of hydrogen-bond acceptors (Lipinski definition) is 3. The summed E-state index contributed by atoms with van der Waals surface area (Å²) in [5, 5.41) is 6.07. The molecule has 0 radical (unpaired) electrons. The minimum absolute atomic E-state index is 0.0985. The summed E-state index contributed by atoms with van der Waals surface area (Å²) in [7, 11) is 0. The average Bonchev–Trinajstić information content (AvgIpc) is 2.19. The van der Waals surface area contributed by atoms with Gasteiger partial charge in [-0.25, -0.2) is 9.18 Å². The minimum atomic E-state index is -1.14. The van der Waals surface area contributed by atoms with Gasteiger partial charge in [0.2, 0.25) is 0 Å². The third-order valence-electron chi connectivity index (χ3n) is 1.25. The number of aromatic carboxylic acids is 1. The Kier molecular flexibility index (Phi) is 6.29. The van der Waals surface area contributed by atoms with Gasteiger partial charge in [-0.1, -0.05) is 0 Å². The summed E-state index contributed by atoms with van der Waals surface area (Å²) in [6.07, 6.45) is 0. The fraction of sp³-hybridized carbons (Fsp3) is 0. The van der Waals surface area contributed by atoms with Crippen LogP contribution < -0.4 is 0 Å². The number of carboxylic acid groups (broad SMARTS) is 1. The molecule has 0 unspecified atom stereocenters. The molecule has 0 aliphatic heterocycles. The first-order chi connectivity index (χ1) is 7.34. The second-order valence-corrected chi connectivity index (χ2v) is 3.05. The minimum Gasteiger partial charge on any atom is -0.478 e. The van der Waals surface area contributed by atoms with E-state index in [-0.39, 0.29) is 5.56 Å². The number of carbonyl (C=O) groups excluding carboxylic acids is 2. The summed E-state index contributed by atoms with van der Waals surface area (Å²) in [6.45, 7) is 0. The van der Waals surface area contributed by atoms with Gasteiger partial charge in [-0.15, -0.1) is 0 Å². The zero-order valence-corrected chi connectivity index (χ0v) is 9.13. The van der Waals surface area contributed by atoms with Gasteiger partial charge in [0, 0.05) is 0 Å². The van der Waals surface area contributed by atoms with Gasteiger partial charge in [0.05, 0.1) is 5.56 Å². The van der Waals surface area contributed by atoms with E-state index in [4.69, 9.17) is 5.11 Å². The van der Waals surface area contributed by atoms with E-state index in [1.54, 1.807) is 0 Å². The normalized spacial score (nSPS) is 8.69. The van der Waals surface area contributed by atoms with E-state index in [9.17, 15) is 18.8 Å². The number of carbonyl (C=O) groups is 3. The lowest BCUT2D eigenvalue weighted by atomic mass is 10.2. The molecule has 1 aromatic rings. The molecule has 0 atom stereocenters. The Morgan fingerprint density at radius 1 is 1.00 bits per heavy atom. The van der Waals surface area contributed by atoms with Crippen LogP contribution >= 0.6 is 23.2 Å². The quantitative estimate of drug-likeness (QED) is 0.657. The van der Waals surface area contributed by atoms with Crippen molar-refractivity contribution in [2.45, 2.75) is 0 Å². The molecule has 4 nitrogen and oxygen atoms in total. The van der Waals surface area contributed by atoms with E-state index in [0.29, 0.717) is 0 Å². The second-order valence-electron chi connectivity index (χ2n) is 2.36. The Hall–Kier alpha value is -1.46. The number of halogens is 3. The van der Waals surface area contributed by atoms with Crippen molar-refractivity contribution in [3.05, 3.63) is 35.6 Å². The molecule has 86 valence electrons. The number of benzene rings is 1. The van der Waals surface area contributed by atoms with Gasteiger partial charge in [0.15, 0.2) is 0 Å². The van der Waals surface area contributed by atoms with Crippen molar-refractivity contribution in [2.24, 2.45) is 0 Å². The third-order valence-corrected chi connectivity index (χ3v) is 1.69. The molecule has 0 saturated heterocycles. The highest BCUT2D eigenvalue weighted by Gasteiger charge is 2.02. The van der Waals surface area contributed by atoms with Crippen molar-refractivity contribution >= 4 is 39.7 Å². The molecule has 0 heterocycles. The van der Waals surface area contributed by atoms with Crippen LogP contribution in [0.25, 0.3) is 0 Å². The lowest BCUT2D eigenvalue weighted by Crippen LogP contribution is -1.94. The van der Waals surface area contributed by atoms with E-state index in [0.717, 1.165) is 12.1 Å². The Morgan fingerprint density at radius 2 is 1.38 bits per heavy atom. The van der Waals surface area contributed by atoms with E-state index in [2.05, 4.69) is 23.2 Å². The molecule has 0 aliphatic rings. The van der Waals surface area contributed by atoms with Crippen LogP contribution in [0.4, 0.5) is 4.39 Å². The molecule has 0 fully saturated rings. The molecule has 1 rings (SSSR count). The molecule has 0 bridgehead atoms. The largest absolute Gasteiger partial charge is 0.478 e. The van der Waals surface area contributed by atoms with Crippen molar-refractivity contribution in [1.82, 2.24) is 0 Å². The Balaban J connectivity index is 0.000000325. The van der Waals surface area contributed by atoms with Crippen LogP contribution in [0.15, 0.2) is 24.3 Å². The molecule has 16 heavy (non-hydrogen) atoms. The topological polar surface area (TPSA) is 71.4 Å².